The Kier molecular flexibility index (Phi) is 2.97. The lowest BCUT2D eigenvalue weighted by Crippen LogP contribution is -1.97. The zero-order valence-corrected chi connectivity index (χ0v) is 7.05. The molecular weight excluding hydrogens is 153 g/mol. The number of rotatable bonds is 3. The molecule has 0 aromatic heterocycles. The molecule has 1 atom stereocenters. The van der Waals surface area contributed by atoms with Gasteiger partial charge in [-0.2, -0.15) is 0 Å². The van der Waals surface area contributed by atoms with E-state index in [2.05, 4.69) is 0 Å². The normalized spacial score (nSPS) is 12.5. The van der Waals surface area contributed by atoms with Crippen molar-refractivity contribution in [2.24, 2.45) is 0 Å². The van der Waals surface area contributed by atoms with E-state index >= 15 is 0 Å². The van der Waals surface area contributed by atoms with E-state index in [1.165, 1.54) is 18.3 Å². The fourth-order valence-corrected chi connectivity index (χ4v) is 1.16. The van der Waals surface area contributed by atoms with E-state index < -0.39 is 0 Å². The molecule has 64 valence electrons. The molecule has 0 fully saturated rings. The van der Waals surface area contributed by atoms with Crippen LogP contribution >= 0.6 is 0 Å². The van der Waals surface area contributed by atoms with Crippen LogP contribution in [-0.4, -0.2) is 6.21 Å². The predicted molar refractivity (Wildman–Crippen MR) is 48.2 cm³/mol. The van der Waals surface area contributed by atoms with Gasteiger partial charge in [-0.15, -0.1) is 0 Å². The Morgan fingerprint density at radius 2 is 2.00 bits per heavy atom. The second kappa shape index (κ2) is 4.00. The maximum Gasteiger partial charge on any atom is 0.123 e. The van der Waals surface area contributed by atoms with Gasteiger partial charge in [0.25, 0.3) is 0 Å². The van der Waals surface area contributed by atoms with E-state index in [4.69, 9.17) is 5.41 Å². The average Bonchev–Trinajstić information content (AvgIpc) is 2.10. The minimum atomic E-state index is -0.224. The Bertz CT molecular complexity index is 253. The summed E-state index contributed by atoms with van der Waals surface area (Å²) in [4.78, 5) is 0. The molecule has 1 rings (SSSR count). The highest BCUT2D eigenvalue weighted by Gasteiger charge is 2.04. The molecule has 1 N–H and O–H groups in total. The van der Waals surface area contributed by atoms with Gasteiger partial charge in [0.15, 0.2) is 0 Å². The van der Waals surface area contributed by atoms with Crippen LogP contribution in [0.25, 0.3) is 0 Å². The van der Waals surface area contributed by atoms with Gasteiger partial charge in [-0.1, -0.05) is 19.1 Å². The molecule has 0 aliphatic carbocycles. The van der Waals surface area contributed by atoms with Crippen LogP contribution in [0.15, 0.2) is 24.3 Å². The molecule has 0 amide bonds. The van der Waals surface area contributed by atoms with E-state index in [0.29, 0.717) is 0 Å². The van der Waals surface area contributed by atoms with Crippen LogP contribution in [0.3, 0.4) is 0 Å². The maximum absolute atomic E-state index is 12.5. The van der Waals surface area contributed by atoms with Crippen molar-refractivity contribution in [2.45, 2.75) is 19.3 Å². The first-order valence-electron chi connectivity index (χ1n) is 4.04. The second-order valence-corrected chi connectivity index (χ2v) is 2.73. The molecule has 0 saturated carbocycles. The fourth-order valence-electron chi connectivity index (χ4n) is 1.16. The molecule has 0 saturated heterocycles. The van der Waals surface area contributed by atoms with Crippen molar-refractivity contribution in [1.82, 2.24) is 0 Å². The molecule has 0 radical (unpaired) electrons. The summed E-state index contributed by atoms with van der Waals surface area (Å²) in [5, 5.41) is 7.13. The van der Waals surface area contributed by atoms with Crippen molar-refractivity contribution in [3.63, 3.8) is 0 Å². The number of hydrogen-bond acceptors (Lipinski definition) is 1. The van der Waals surface area contributed by atoms with E-state index in [0.717, 1.165) is 12.0 Å². The van der Waals surface area contributed by atoms with Gasteiger partial charge in [0, 0.05) is 12.1 Å². The lowest BCUT2D eigenvalue weighted by molar-refractivity contribution is 0.626. The quantitative estimate of drug-likeness (QED) is 0.666. The zero-order chi connectivity index (χ0) is 8.97. The van der Waals surface area contributed by atoms with Crippen molar-refractivity contribution in [2.75, 3.05) is 0 Å². The Hall–Kier alpha value is -1.18. The Balaban J connectivity index is 2.87. The first-order valence-corrected chi connectivity index (χ1v) is 4.04. The fraction of sp³-hybridized carbons (Fsp3) is 0.300. The third-order valence-corrected chi connectivity index (χ3v) is 1.94. The van der Waals surface area contributed by atoms with Gasteiger partial charge in [0.05, 0.1) is 0 Å². The zero-order valence-electron chi connectivity index (χ0n) is 7.05. The molecule has 2 heteroatoms. The van der Waals surface area contributed by atoms with Crippen molar-refractivity contribution < 1.29 is 4.39 Å². The first-order chi connectivity index (χ1) is 5.77. The molecular formula is C10H12FN. The summed E-state index contributed by atoms with van der Waals surface area (Å²) in [7, 11) is 0. The maximum atomic E-state index is 12.5. The van der Waals surface area contributed by atoms with Gasteiger partial charge in [-0.05, 0) is 24.1 Å². The molecule has 0 aliphatic rings. The number of hydrogen-bond donors (Lipinski definition) is 1. The third kappa shape index (κ3) is 1.91. The van der Waals surface area contributed by atoms with Gasteiger partial charge in [-0.3, -0.25) is 0 Å². The number of halogens is 1. The van der Waals surface area contributed by atoms with Crippen LogP contribution in [0.1, 0.15) is 24.8 Å². The summed E-state index contributed by atoms with van der Waals surface area (Å²) in [5.41, 5.74) is 1.01. The summed E-state index contributed by atoms with van der Waals surface area (Å²) < 4.78 is 12.5. The lowest BCUT2D eigenvalue weighted by atomic mass is 9.98. The smallest absolute Gasteiger partial charge is 0.123 e. The van der Waals surface area contributed by atoms with Crippen LogP contribution in [0.4, 0.5) is 4.39 Å². The van der Waals surface area contributed by atoms with Crippen LogP contribution in [-0.2, 0) is 0 Å². The van der Waals surface area contributed by atoms with E-state index in [1.807, 2.05) is 6.92 Å². The molecule has 0 heterocycles. The lowest BCUT2D eigenvalue weighted by Gasteiger charge is -2.07. The van der Waals surface area contributed by atoms with Crippen molar-refractivity contribution in [3.05, 3.63) is 35.6 Å². The van der Waals surface area contributed by atoms with Gasteiger partial charge in [-0.25, -0.2) is 4.39 Å². The van der Waals surface area contributed by atoms with Crippen molar-refractivity contribution >= 4 is 6.21 Å². The van der Waals surface area contributed by atoms with Crippen molar-refractivity contribution in [1.29, 1.82) is 5.41 Å². The van der Waals surface area contributed by atoms with E-state index in [1.54, 1.807) is 12.1 Å². The topological polar surface area (TPSA) is 23.9 Å². The van der Waals surface area contributed by atoms with Crippen LogP contribution < -0.4 is 0 Å². The standard InChI is InChI=1S/C10H12FN/c1-2-8(7-12)9-3-5-10(11)6-4-9/h3-8,12H,2H2,1H3. The summed E-state index contributed by atoms with van der Waals surface area (Å²) in [6.45, 7) is 2.01. The highest BCUT2D eigenvalue weighted by atomic mass is 19.1. The Morgan fingerprint density at radius 1 is 1.42 bits per heavy atom. The van der Waals surface area contributed by atoms with Gasteiger partial charge in [0.2, 0.25) is 0 Å². The van der Waals surface area contributed by atoms with Crippen LogP contribution in [0.2, 0.25) is 0 Å². The Morgan fingerprint density at radius 3 is 2.42 bits per heavy atom. The predicted octanol–water partition coefficient (Wildman–Crippen LogP) is 2.97. The van der Waals surface area contributed by atoms with E-state index in [9.17, 15) is 4.39 Å². The second-order valence-electron chi connectivity index (χ2n) is 2.73. The summed E-state index contributed by atoms with van der Waals surface area (Å²) in [6.07, 6.45) is 2.28. The first kappa shape index (κ1) is 8.91. The Labute approximate surface area is 71.7 Å². The van der Waals surface area contributed by atoms with E-state index in [-0.39, 0.29) is 11.7 Å². The molecule has 0 aliphatic heterocycles. The molecule has 0 spiro atoms. The number of nitrogens with one attached hydrogen (secondary N) is 1. The summed E-state index contributed by atoms with van der Waals surface area (Å²) in [6, 6.07) is 6.33. The van der Waals surface area contributed by atoms with Crippen molar-refractivity contribution in [3.8, 4) is 0 Å². The third-order valence-electron chi connectivity index (χ3n) is 1.94. The molecule has 1 unspecified atom stereocenters. The van der Waals surface area contributed by atoms with Crippen LogP contribution in [0.5, 0.6) is 0 Å². The number of benzene rings is 1. The average molecular weight is 165 g/mol. The minimum absolute atomic E-state index is 0.130. The summed E-state index contributed by atoms with van der Waals surface area (Å²) in [5.74, 6) is -0.0933. The molecule has 12 heavy (non-hydrogen) atoms. The molecule has 1 aromatic carbocycles. The molecule has 0 bridgehead atoms. The largest absolute Gasteiger partial charge is 0.312 e. The molecule has 1 nitrogen and oxygen atoms in total. The highest BCUT2D eigenvalue weighted by molar-refractivity contribution is 5.64. The highest BCUT2D eigenvalue weighted by Crippen LogP contribution is 2.16. The molecule has 1 aromatic rings. The summed E-state index contributed by atoms with van der Waals surface area (Å²) >= 11 is 0. The monoisotopic (exact) mass is 165 g/mol. The van der Waals surface area contributed by atoms with Gasteiger partial charge in [0.1, 0.15) is 5.82 Å². The minimum Gasteiger partial charge on any atom is -0.312 e. The van der Waals surface area contributed by atoms with Gasteiger partial charge < -0.3 is 5.41 Å². The van der Waals surface area contributed by atoms with Crippen LogP contribution in [0, 0.1) is 11.2 Å². The van der Waals surface area contributed by atoms with Gasteiger partial charge >= 0.3 is 0 Å². The SMILES string of the molecule is CCC(C=N)c1ccc(F)cc1.